The number of anilines is 1. The Morgan fingerprint density at radius 2 is 1.78 bits per heavy atom. The van der Waals surface area contributed by atoms with Crippen LogP contribution in [0.2, 0.25) is 0 Å². The highest BCUT2D eigenvalue weighted by Crippen LogP contribution is 2.22. The number of aromatic nitrogens is 6. The highest BCUT2D eigenvalue weighted by molar-refractivity contribution is 6.05. The predicted octanol–water partition coefficient (Wildman–Crippen LogP) is 3.43. The summed E-state index contributed by atoms with van der Waals surface area (Å²) in [5.41, 5.74) is 1.99. The van der Waals surface area contributed by atoms with Crippen LogP contribution < -0.4 is 5.32 Å². The quantitative estimate of drug-likeness (QED) is 0.476. The zero-order chi connectivity index (χ0) is 22.1. The van der Waals surface area contributed by atoms with Gasteiger partial charge in [0.1, 0.15) is 11.6 Å². The molecule has 5 aromatic rings. The molecule has 0 aliphatic rings. The number of rotatable bonds is 4. The fourth-order valence-corrected chi connectivity index (χ4v) is 3.41. The number of hydrogen-bond donors (Lipinski definition) is 1. The summed E-state index contributed by atoms with van der Waals surface area (Å²) in [4.78, 5) is 22.0. The molecule has 5 rings (SSSR count). The number of benzene rings is 1. The number of nitriles is 1. The van der Waals surface area contributed by atoms with E-state index in [0.29, 0.717) is 22.9 Å². The lowest BCUT2D eigenvalue weighted by Gasteiger charge is -2.10. The van der Waals surface area contributed by atoms with Crippen molar-refractivity contribution in [3.05, 3.63) is 90.0 Å². The number of carbonyl (C=O) groups excluding carboxylic acids is 1. The topological polar surface area (TPSA) is 114 Å². The minimum Gasteiger partial charge on any atom is -0.305 e. The molecule has 0 aliphatic heterocycles. The summed E-state index contributed by atoms with van der Waals surface area (Å²) >= 11 is 0. The Hall–Kier alpha value is -4.84. The van der Waals surface area contributed by atoms with E-state index in [1.807, 2.05) is 36.4 Å². The van der Waals surface area contributed by atoms with E-state index in [1.54, 1.807) is 36.0 Å². The zero-order valence-corrected chi connectivity index (χ0v) is 17.0. The van der Waals surface area contributed by atoms with E-state index in [4.69, 9.17) is 0 Å². The summed E-state index contributed by atoms with van der Waals surface area (Å²) in [6.07, 6.45) is 4.53. The Kier molecular flexibility index (Phi) is 4.65. The highest BCUT2D eigenvalue weighted by atomic mass is 16.1. The monoisotopic (exact) mass is 420 g/mol. The Balaban J connectivity index is 1.51. The fraction of sp³-hybridized carbons (Fsp3) is 0.0435. The summed E-state index contributed by atoms with van der Waals surface area (Å²) < 4.78 is 3.03. The lowest BCUT2D eigenvalue weighted by molar-refractivity contribution is 0.102. The third-order valence-electron chi connectivity index (χ3n) is 5.04. The van der Waals surface area contributed by atoms with Crippen LogP contribution in [0, 0.1) is 18.3 Å². The molecule has 9 heteroatoms. The summed E-state index contributed by atoms with van der Waals surface area (Å²) in [5, 5.41) is 21.9. The number of fused-ring (bicyclic) bond motifs is 1. The Labute approximate surface area is 182 Å². The van der Waals surface area contributed by atoms with Crippen molar-refractivity contribution in [3.8, 4) is 17.7 Å². The van der Waals surface area contributed by atoms with Gasteiger partial charge >= 0.3 is 0 Å². The summed E-state index contributed by atoms with van der Waals surface area (Å²) in [6.45, 7) is 1.78. The van der Waals surface area contributed by atoms with E-state index in [-0.39, 0.29) is 11.4 Å². The maximum atomic E-state index is 13.1. The number of amides is 1. The minimum absolute atomic E-state index is 0.225. The zero-order valence-electron chi connectivity index (χ0n) is 17.0. The maximum absolute atomic E-state index is 13.1. The Bertz CT molecular complexity index is 1490. The number of nitrogens with one attached hydrogen (secondary N) is 1. The molecule has 0 unspecified atom stereocenters. The van der Waals surface area contributed by atoms with Crippen LogP contribution in [0.1, 0.15) is 21.6 Å². The molecule has 0 atom stereocenters. The molecule has 1 N–H and O–H groups in total. The first-order valence-corrected chi connectivity index (χ1v) is 9.77. The molecule has 0 bridgehead atoms. The van der Waals surface area contributed by atoms with Gasteiger partial charge in [0.05, 0.1) is 29.2 Å². The van der Waals surface area contributed by atoms with E-state index in [9.17, 15) is 10.1 Å². The van der Waals surface area contributed by atoms with Crippen LogP contribution in [0.3, 0.4) is 0 Å². The molecular formula is C23H16N8O. The molecule has 1 aromatic carbocycles. The highest BCUT2D eigenvalue weighted by Gasteiger charge is 2.20. The summed E-state index contributed by atoms with van der Waals surface area (Å²) in [5.74, 6) is 0.919. The average Bonchev–Trinajstić information content (AvgIpc) is 3.42. The van der Waals surface area contributed by atoms with Crippen molar-refractivity contribution in [2.24, 2.45) is 0 Å². The number of carbonyl (C=O) groups is 1. The first-order chi connectivity index (χ1) is 15.7. The molecular weight excluding hydrogens is 404 g/mol. The van der Waals surface area contributed by atoms with Gasteiger partial charge in [0, 0.05) is 11.6 Å². The molecule has 0 aliphatic carbocycles. The van der Waals surface area contributed by atoms with Crippen LogP contribution in [0.15, 0.2) is 73.2 Å². The van der Waals surface area contributed by atoms with E-state index < -0.39 is 5.91 Å². The molecule has 0 spiro atoms. The molecule has 32 heavy (non-hydrogen) atoms. The Morgan fingerprint density at radius 1 is 0.969 bits per heavy atom. The van der Waals surface area contributed by atoms with E-state index in [1.165, 1.54) is 17.1 Å². The van der Waals surface area contributed by atoms with Gasteiger partial charge in [-0.1, -0.05) is 24.3 Å². The van der Waals surface area contributed by atoms with Crippen molar-refractivity contribution >= 4 is 22.6 Å². The van der Waals surface area contributed by atoms with Gasteiger partial charge in [-0.05, 0) is 37.3 Å². The van der Waals surface area contributed by atoms with Crippen molar-refractivity contribution < 1.29 is 4.79 Å². The van der Waals surface area contributed by atoms with Crippen molar-refractivity contribution in [2.75, 3.05) is 5.32 Å². The summed E-state index contributed by atoms with van der Waals surface area (Å²) in [7, 11) is 0. The first kappa shape index (κ1) is 19.1. The van der Waals surface area contributed by atoms with Gasteiger partial charge in [-0.2, -0.15) is 20.1 Å². The first-order valence-electron chi connectivity index (χ1n) is 9.77. The Morgan fingerprint density at radius 3 is 2.59 bits per heavy atom. The molecule has 154 valence electrons. The normalized spacial score (nSPS) is 10.8. The third-order valence-corrected chi connectivity index (χ3v) is 5.04. The molecule has 4 heterocycles. The smallest absolute Gasteiger partial charge is 0.260 e. The van der Waals surface area contributed by atoms with Gasteiger partial charge in [-0.3, -0.25) is 4.79 Å². The van der Waals surface area contributed by atoms with Gasteiger partial charge in [0.15, 0.2) is 17.5 Å². The predicted molar refractivity (Wildman–Crippen MR) is 118 cm³/mol. The van der Waals surface area contributed by atoms with Crippen molar-refractivity contribution in [2.45, 2.75) is 6.92 Å². The maximum Gasteiger partial charge on any atom is 0.260 e. The van der Waals surface area contributed by atoms with Crippen LogP contribution in [0.25, 0.3) is 22.5 Å². The third kappa shape index (κ3) is 3.26. The molecule has 0 radical (unpaired) electrons. The van der Waals surface area contributed by atoms with Gasteiger partial charge in [0.2, 0.25) is 0 Å². The van der Waals surface area contributed by atoms with Crippen molar-refractivity contribution in [1.82, 2.24) is 29.5 Å². The van der Waals surface area contributed by atoms with Gasteiger partial charge in [-0.25, -0.2) is 14.6 Å². The van der Waals surface area contributed by atoms with Crippen LogP contribution in [0.4, 0.5) is 5.82 Å². The van der Waals surface area contributed by atoms with Crippen molar-refractivity contribution in [1.29, 1.82) is 5.26 Å². The largest absolute Gasteiger partial charge is 0.305 e. The number of para-hydroxylation sites is 1. The lowest BCUT2D eigenvalue weighted by Crippen LogP contribution is -2.17. The molecule has 9 nitrogen and oxygen atoms in total. The standard InChI is InChI=1S/C23H16N8O/c1-15-18(14-27-30(15)20-8-4-5-11-25-20)23(32)29-22-17(12-24)13-26-31(22)21-10-9-16-6-2-3-7-19(16)28-21/h2-11,13-14H,1H3,(H,29,32). The molecule has 0 saturated heterocycles. The van der Waals surface area contributed by atoms with Crippen molar-refractivity contribution in [3.63, 3.8) is 0 Å². The fourth-order valence-electron chi connectivity index (χ4n) is 3.41. The average molecular weight is 420 g/mol. The number of hydrogen-bond acceptors (Lipinski definition) is 6. The van der Waals surface area contributed by atoms with Crippen LogP contribution in [-0.4, -0.2) is 35.4 Å². The second-order valence-corrected chi connectivity index (χ2v) is 6.99. The molecule has 0 saturated carbocycles. The van der Waals surface area contributed by atoms with Crippen LogP contribution >= 0.6 is 0 Å². The lowest BCUT2D eigenvalue weighted by atomic mass is 10.2. The number of nitrogens with zero attached hydrogens (tertiary/aromatic N) is 7. The molecule has 4 aromatic heterocycles. The summed E-state index contributed by atoms with van der Waals surface area (Å²) in [6, 6.07) is 18.9. The van der Waals surface area contributed by atoms with Crippen LogP contribution in [0.5, 0.6) is 0 Å². The van der Waals surface area contributed by atoms with E-state index in [0.717, 1.165) is 10.9 Å². The van der Waals surface area contributed by atoms with Gasteiger partial charge in [-0.15, -0.1) is 0 Å². The second kappa shape index (κ2) is 7.77. The second-order valence-electron chi connectivity index (χ2n) is 6.99. The van der Waals surface area contributed by atoms with Crippen LogP contribution in [-0.2, 0) is 0 Å². The molecule has 1 amide bonds. The SMILES string of the molecule is Cc1c(C(=O)Nc2c(C#N)cnn2-c2ccc3ccccc3n2)cnn1-c1ccccn1. The van der Waals surface area contributed by atoms with Gasteiger partial charge < -0.3 is 5.32 Å². The minimum atomic E-state index is -0.413. The number of pyridine rings is 2. The van der Waals surface area contributed by atoms with Gasteiger partial charge in [0.25, 0.3) is 5.91 Å². The van der Waals surface area contributed by atoms with E-state index >= 15 is 0 Å². The van der Waals surface area contributed by atoms with E-state index in [2.05, 4.69) is 31.6 Å². The molecule has 0 fully saturated rings.